The quantitative estimate of drug-likeness (QED) is 0.422. The average molecular weight is 342 g/mol. The number of aryl methyl sites for hydroxylation is 2. The molecule has 0 radical (unpaired) electrons. The number of nitro groups is 1. The Kier molecular flexibility index (Phi) is 4.39. The molecule has 0 amide bonds. The van der Waals surface area contributed by atoms with Gasteiger partial charge in [0.2, 0.25) is 5.13 Å². The van der Waals surface area contributed by atoms with Gasteiger partial charge in [0.15, 0.2) is 5.76 Å². The van der Waals surface area contributed by atoms with E-state index >= 15 is 0 Å². The van der Waals surface area contributed by atoms with Crippen LogP contribution in [0.15, 0.2) is 45.9 Å². The number of benzene rings is 1. The minimum atomic E-state index is -0.594. The molecule has 3 rings (SSSR count). The molecule has 24 heavy (non-hydrogen) atoms. The molecule has 0 fully saturated rings. The Morgan fingerprint density at radius 3 is 2.67 bits per heavy atom. The van der Waals surface area contributed by atoms with Crippen LogP contribution in [0.25, 0.3) is 11.3 Å². The van der Waals surface area contributed by atoms with Gasteiger partial charge in [-0.1, -0.05) is 29.8 Å². The van der Waals surface area contributed by atoms with Gasteiger partial charge in [-0.15, -0.1) is 11.3 Å². The van der Waals surface area contributed by atoms with Gasteiger partial charge in [-0.05, 0) is 19.9 Å². The fraction of sp³-hybridized carbons (Fsp3) is 0.125. The second-order valence-corrected chi connectivity index (χ2v) is 6.30. The molecule has 0 saturated heterocycles. The van der Waals surface area contributed by atoms with Gasteiger partial charge in [0, 0.05) is 10.4 Å². The van der Waals surface area contributed by atoms with Crippen LogP contribution in [-0.2, 0) is 0 Å². The second kappa shape index (κ2) is 6.63. The van der Waals surface area contributed by atoms with Crippen molar-refractivity contribution in [3.8, 4) is 11.3 Å². The third-order valence-corrected chi connectivity index (χ3v) is 4.14. The zero-order valence-corrected chi connectivity index (χ0v) is 13.8. The molecule has 0 bridgehead atoms. The zero-order chi connectivity index (χ0) is 17.1. The Morgan fingerprint density at radius 2 is 2.00 bits per heavy atom. The van der Waals surface area contributed by atoms with Crippen LogP contribution in [0.3, 0.4) is 0 Å². The molecule has 7 nitrogen and oxygen atoms in total. The second-order valence-electron chi connectivity index (χ2n) is 5.09. The molecule has 0 aliphatic rings. The van der Waals surface area contributed by atoms with Crippen LogP contribution >= 0.6 is 11.3 Å². The van der Waals surface area contributed by atoms with Crippen molar-refractivity contribution >= 4 is 28.6 Å². The largest absolute Gasteiger partial charge is 0.433 e. The van der Waals surface area contributed by atoms with Gasteiger partial charge < -0.3 is 4.42 Å². The molecule has 0 saturated carbocycles. The smallest absolute Gasteiger partial charge is 0.400 e. The highest BCUT2D eigenvalue weighted by molar-refractivity contribution is 7.15. The van der Waals surface area contributed by atoms with Crippen molar-refractivity contribution in [1.29, 1.82) is 0 Å². The van der Waals surface area contributed by atoms with E-state index in [1.165, 1.54) is 35.2 Å². The number of hydrogen-bond acceptors (Lipinski definition) is 7. The topological polar surface area (TPSA) is 93.6 Å². The summed E-state index contributed by atoms with van der Waals surface area (Å²) in [7, 11) is 0. The van der Waals surface area contributed by atoms with E-state index in [0.717, 1.165) is 16.1 Å². The van der Waals surface area contributed by atoms with Gasteiger partial charge in [-0.2, -0.15) is 5.10 Å². The zero-order valence-electron chi connectivity index (χ0n) is 13.0. The number of furan rings is 1. The van der Waals surface area contributed by atoms with E-state index in [1.54, 1.807) is 0 Å². The molecule has 0 spiro atoms. The van der Waals surface area contributed by atoms with Gasteiger partial charge >= 0.3 is 5.88 Å². The first kappa shape index (κ1) is 15.9. The normalized spacial score (nSPS) is 11.1. The minimum absolute atomic E-state index is 0.293. The standard InChI is InChI=1S/C16H14N4O3S/c1-10-3-5-12(6-4-10)15-11(2)24-16(18-15)19-17-9-13-7-8-14(23-13)20(21)22/h3-9H,1-2H3,(H,18,19). The van der Waals surface area contributed by atoms with Gasteiger partial charge in [-0.3, -0.25) is 15.5 Å². The number of hydrazone groups is 1. The number of anilines is 1. The van der Waals surface area contributed by atoms with E-state index < -0.39 is 4.92 Å². The van der Waals surface area contributed by atoms with E-state index in [-0.39, 0.29) is 5.88 Å². The van der Waals surface area contributed by atoms with Crippen LogP contribution in [0.1, 0.15) is 16.2 Å². The maximum Gasteiger partial charge on any atom is 0.433 e. The van der Waals surface area contributed by atoms with E-state index in [4.69, 9.17) is 4.42 Å². The highest BCUT2D eigenvalue weighted by Gasteiger charge is 2.11. The van der Waals surface area contributed by atoms with Crippen LogP contribution in [0.2, 0.25) is 0 Å². The van der Waals surface area contributed by atoms with Crippen molar-refractivity contribution in [3.63, 3.8) is 0 Å². The van der Waals surface area contributed by atoms with Gasteiger partial charge in [-0.25, -0.2) is 4.98 Å². The third-order valence-electron chi connectivity index (χ3n) is 3.27. The summed E-state index contributed by atoms with van der Waals surface area (Å²) >= 11 is 1.48. The fourth-order valence-electron chi connectivity index (χ4n) is 2.08. The maximum absolute atomic E-state index is 10.5. The summed E-state index contributed by atoms with van der Waals surface area (Å²) in [5, 5.41) is 15.2. The molecule has 1 aromatic carbocycles. The molecule has 0 aliphatic carbocycles. The monoisotopic (exact) mass is 342 g/mol. The Hall–Kier alpha value is -3.00. The van der Waals surface area contributed by atoms with Gasteiger partial charge in [0.25, 0.3) is 0 Å². The summed E-state index contributed by atoms with van der Waals surface area (Å²) in [6.45, 7) is 4.04. The number of rotatable bonds is 5. The Balaban J connectivity index is 1.72. The molecule has 3 aromatic rings. The molecule has 1 N–H and O–H groups in total. The molecular formula is C16H14N4O3S. The number of aromatic nitrogens is 1. The lowest BCUT2D eigenvalue weighted by Gasteiger charge is -1.99. The van der Waals surface area contributed by atoms with Crippen molar-refractivity contribution in [2.45, 2.75) is 13.8 Å². The molecule has 2 aromatic heterocycles. The van der Waals surface area contributed by atoms with Crippen LogP contribution < -0.4 is 5.43 Å². The van der Waals surface area contributed by atoms with E-state index in [9.17, 15) is 10.1 Å². The Morgan fingerprint density at radius 1 is 1.25 bits per heavy atom. The highest BCUT2D eigenvalue weighted by atomic mass is 32.1. The van der Waals surface area contributed by atoms with Crippen molar-refractivity contribution in [3.05, 3.63) is 62.7 Å². The van der Waals surface area contributed by atoms with Crippen LogP contribution in [0.4, 0.5) is 11.0 Å². The first-order chi connectivity index (χ1) is 11.5. The Bertz CT molecular complexity index is 896. The number of nitrogens with zero attached hydrogens (tertiary/aromatic N) is 3. The summed E-state index contributed by atoms with van der Waals surface area (Å²) in [6, 6.07) is 10.9. The summed E-state index contributed by atoms with van der Waals surface area (Å²) in [5.74, 6) is -0.0237. The maximum atomic E-state index is 10.5. The summed E-state index contributed by atoms with van der Waals surface area (Å²) in [5.41, 5.74) is 5.98. The van der Waals surface area contributed by atoms with E-state index in [0.29, 0.717) is 10.9 Å². The third kappa shape index (κ3) is 3.49. The van der Waals surface area contributed by atoms with Crippen LogP contribution in [0.5, 0.6) is 0 Å². The SMILES string of the molecule is Cc1ccc(-c2nc(NN=Cc3ccc([N+](=O)[O-])o3)sc2C)cc1. The molecule has 0 atom stereocenters. The number of hydrogen-bond donors (Lipinski definition) is 1. The van der Waals surface area contributed by atoms with E-state index in [1.807, 2.05) is 38.1 Å². The van der Waals surface area contributed by atoms with Crippen molar-refractivity contribution in [2.75, 3.05) is 5.43 Å². The summed E-state index contributed by atoms with van der Waals surface area (Å²) in [4.78, 5) is 15.6. The fourth-order valence-corrected chi connectivity index (χ4v) is 2.87. The summed E-state index contributed by atoms with van der Waals surface area (Å²) < 4.78 is 4.99. The minimum Gasteiger partial charge on any atom is -0.400 e. The first-order valence-electron chi connectivity index (χ1n) is 7.10. The van der Waals surface area contributed by atoms with Crippen LogP contribution in [-0.4, -0.2) is 16.1 Å². The Labute approximate surface area is 141 Å². The van der Waals surface area contributed by atoms with Crippen molar-refractivity contribution < 1.29 is 9.34 Å². The lowest BCUT2D eigenvalue weighted by Crippen LogP contribution is -1.89. The number of nitrogens with one attached hydrogen (secondary N) is 1. The average Bonchev–Trinajstić information content (AvgIpc) is 3.15. The first-order valence-corrected chi connectivity index (χ1v) is 7.92. The van der Waals surface area contributed by atoms with Gasteiger partial charge in [0.1, 0.15) is 4.92 Å². The van der Waals surface area contributed by atoms with Crippen molar-refractivity contribution in [1.82, 2.24) is 4.98 Å². The molecular weight excluding hydrogens is 328 g/mol. The van der Waals surface area contributed by atoms with Crippen LogP contribution in [0, 0.1) is 24.0 Å². The summed E-state index contributed by atoms with van der Waals surface area (Å²) in [6.07, 6.45) is 1.37. The predicted molar refractivity (Wildman–Crippen MR) is 93.6 cm³/mol. The lowest BCUT2D eigenvalue weighted by molar-refractivity contribution is -0.402. The number of thiazole rings is 1. The predicted octanol–water partition coefficient (Wildman–Crippen LogP) is 4.37. The van der Waals surface area contributed by atoms with Gasteiger partial charge in [0.05, 0.1) is 18.0 Å². The molecule has 0 aliphatic heterocycles. The molecule has 122 valence electrons. The van der Waals surface area contributed by atoms with Crippen molar-refractivity contribution in [2.24, 2.45) is 5.10 Å². The highest BCUT2D eigenvalue weighted by Crippen LogP contribution is 2.30. The molecule has 2 heterocycles. The lowest BCUT2D eigenvalue weighted by atomic mass is 10.1. The molecule has 0 unspecified atom stereocenters. The molecule has 8 heteroatoms. The van der Waals surface area contributed by atoms with E-state index in [2.05, 4.69) is 15.5 Å².